The number of aryl methyl sites for hydroxylation is 1. The molecule has 0 saturated carbocycles. The van der Waals surface area contributed by atoms with Gasteiger partial charge in [-0.05, 0) is 43.2 Å². The van der Waals surface area contributed by atoms with Gasteiger partial charge in [-0.25, -0.2) is 4.79 Å². The highest BCUT2D eigenvalue weighted by atomic mass is 16.5. The Labute approximate surface area is 214 Å². The third kappa shape index (κ3) is 4.40. The minimum Gasteiger partial charge on any atom is -0.507 e. The maximum Gasteiger partial charge on any atom is 0.338 e. The van der Waals surface area contributed by atoms with Gasteiger partial charge < -0.3 is 19.7 Å². The van der Waals surface area contributed by atoms with E-state index in [1.54, 1.807) is 37.4 Å². The Bertz CT molecular complexity index is 1550. The van der Waals surface area contributed by atoms with E-state index in [9.17, 15) is 19.5 Å². The molecule has 1 fully saturated rings. The van der Waals surface area contributed by atoms with Gasteiger partial charge in [0.25, 0.3) is 11.7 Å². The summed E-state index contributed by atoms with van der Waals surface area (Å²) in [5, 5.41) is 12.2. The Morgan fingerprint density at radius 1 is 1.03 bits per heavy atom. The van der Waals surface area contributed by atoms with Gasteiger partial charge in [0, 0.05) is 29.2 Å². The number of benzene rings is 3. The largest absolute Gasteiger partial charge is 0.507 e. The van der Waals surface area contributed by atoms with Crippen molar-refractivity contribution in [2.24, 2.45) is 0 Å². The fraction of sp³-hybridized carbons (Fsp3) is 0.167. The van der Waals surface area contributed by atoms with E-state index < -0.39 is 23.7 Å². The number of ether oxygens (including phenoxy) is 1. The Balaban J connectivity index is 1.59. The fourth-order valence-corrected chi connectivity index (χ4v) is 4.80. The summed E-state index contributed by atoms with van der Waals surface area (Å²) in [4.78, 5) is 43.3. The zero-order chi connectivity index (χ0) is 26.1. The van der Waals surface area contributed by atoms with E-state index in [1.165, 1.54) is 4.90 Å². The summed E-state index contributed by atoms with van der Waals surface area (Å²) in [6.07, 6.45) is 1.65. The monoisotopic (exact) mass is 494 g/mol. The van der Waals surface area contributed by atoms with Crippen LogP contribution in [0.15, 0.2) is 84.6 Å². The Hall–Kier alpha value is -4.65. The van der Waals surface area contributed by atoms with Crippen LogP contribution in [0.1, 0.15) is 45.6 Å². The number of amides is 1. The molecule has 0 spiro atoms. The normalized spacial score (nSPS) is 16.9. The molecule has 7 nitrogen and oxygen atoms in total. The molecule has 2 heterocycles. The molecule has 0 bridgehead atoms. The number of ketones is 1. The standard InChI is InChI=1S/C30H26N2O5/c1-3-37-30(36)20-13-11-19(12-14-20)17-32-26(21-8-6-7-18(2)15-21)25(28(34)29(32)35)27(33)23-16-31-24-10-5-4-9-22(23)24/h4-16,26,31,33H,3,17H2,1-2H3/b27-25-. The number of H-pyrrole nitrogens is 1. The van der Waals surface area contributed by atoms with Gasteiger partial charge in [-0.15, -0.1) is 0 Å². The first-order valence-corrected chi connectivity index (χ1v) is 12.1. The molecule has 7 heteroatoms. The van der Waals surface area contributed by atoms with Crippen LogP contribution in [-0.2, 0) is 20.9 Å². The lowest BCUT2D eigenvalue weighted by Crippen LogP contribution is -2.29. The maximum absolute atomic E-state index is 13.4. The van der Waals surface area contributed by atoms with Crippen molar-refractivity contribution >= 4 is 34.3 Å². The van der Waals surface area contributed by atoms with Crippen LogP contribution in [0.3, 0.4) is 0 Å². The molecular weight excluding hydrogens is 468 g/mol. The number of aliphatic hydroxyl groups excluding tert-OH is 1. The molecule has 37 heavy (non-hydrogen) atoms. The zero-order valence-electron chi connectivity index (χ0n) is 20.5. The third-order valence-corrected chi connectivity index (χ3v) is 6.56. The molecular formula is C30H26N2O5. The van der Waals surface area contributed by atoms with E-state index in [0.29, 0.717) is 11.1 Å². The molecule has 1 aromatic heterocycles. The van der Waals surface area contributed by atoms with Gasteiger partial charge in [-0.2, -0.15) is 0 Å². The van der Waals surface area contributed by atoms with Crippen molar-refractivity contribution < 1.29 is 24.2 Å². The average molecular weight is 495 g/mol. The third-order valence-electron chi connectivity index (χ3n) is 6.56. The van der Waals surface area contributed by atoms with Crippen LogP contribution >= 0.6 is 0 Å². The van der Waals surface area contributed by atoms with Crippen molar-refractivity contribution in [1.82, 2.24) is 9.88 Å². The number of aliphatic hydroxyl groups is 1. The molecule has 1 aliphatic rings. The Morgan fingerprint density at radius 2 is 1.78 bits per heavy atom. The number of hydrogen-bond acceptors (Lipinski definition) is 5. The highest BCUT2D eigenvalue weighted by Gasteiger charge is 2.46. The lowest BCUT2D eigenvalue weighted by molar-refractivity contribution is -0.140. The number of rotatable bonds is 6. The van der Waals surface area contributed by atoms with Crippen molar-refractivity contribution in [3.05, 3.63) is 112 Å². The number of nitrogens with zero attached hydrogens (tertiary/aromatic N) is 1. The van der Waals surface area contributed by atoms with Crippen LogP contribution in [0.5, 0.6) is 0 Å². The smallest absolute Gasteiger partial charge is 0.338 e. The second-order valence-electron chi connectivity index (χ2n) is 9.01. The van der Waals surface area contributed by atoms with Crippen LogP contribution in [0.4, 0.5) is 0 Å². The van der Waals surface area contributed by atoms with Crippen molar-refractivity contribution in [3.63, 3.8) is 0 Å². The van der Waals surface area contributed by atoms with Gasteiger partial charge in [0.1, 0.15) is 5.76 Å². The highest BCUT2D eigenvalue weighted by molar-refractivity contribution is 6.46. The lowest BCUT2D eigenvalue weighted by atomic mass is 9.94. The van der Waals surface area contributed by atoms with E-state index in [4.69, 9.17) is 4.74 Å². The van der Waals surface area contributed by atoms with Gasteiger partial charge in [-0.1, -0.05) is 60.2 Å². The number of fused-ring (bicyclic) bond motifs is 1. The number of aromatic amines is 1. The summed E-state index contributed by atoms with van der Waals surface area (Å²) in [7, 11) is 0. The Morgan fingerprint density at radius 3 is 2.51 bits per heavy atom. The average Bonchev–Trinajstić information content (AvgIpc) is 3.44. The molecule has 1 saturated heterocycles. The van der Waals surface area contributed by atoms with Gasteiger partial charge in [0.05, 0.1) is 23.8 Å². The van der Waals surface area contributed by atoms with Crippen molar-refractivity contribution in [2.75, 3.05) is 6.61 Å². The summed E-state index contributed by atoms with van der Waals surface area (Å²) in [6.45, 7) is 4.07. The molecule has 0 aliphatic carbocycles. The van der Waals surface area contributed by atoms with Crippen molar-refractivity contribution in [2.45, 2.75) is 26.4 Å². The summed E-state index contributed by atoms with van der Waals surface area (Å²) in [5.74, 6) is -2.07. The first-order valence-electron chi connectivity index (χ1n) is 12.1. The van der Waals surface area contributed by atoms with Crippen LogP contribution in [-0.4, -0.2) is 39.3 Å². The SMILES string of the molecule is CCOC(=O)c1ccc(CN2C(=O)C(=O)/C(=C(\O)c3c[nH]c4ccccc34)C2c2cccc(C)c2)cc1. The van der Waals surface area contributed by atoms with E-state index in [0.717, 1.165) is 27.6 Å². The topological polar surface area (TPSA) is 99.7 Å². The number of carbonyl (C=O) groups excluding carboxylic acids is 3. The molecule has 1 atom stereocenters. The summed E-state index contributed by atoms with van der Waals surface area (Å²) >= 11 is 0. The quantitative estimate of drug-likeness (QED) is 0.165. The number of likely N-dealkylation sites (tertiary alicyclic amines) is 1. The molecule has 1 unspecified atom stereocenters. The second-order valence-corrected chi connectivity index (χ2v) is 9.01. The number of carbonyl (C=O) groups is 3. The first kappa shape index (κ1) is 24.1. The molecule has 3 aromatic carbocycles. The van der Waals surface area contributed by atoms with Crippen LogP contribution in [0.25, 0.3) is 16.7 Å². The predicted octanol–water partition coefficient (Wildman–Crippen LogP) is 5.27. The zero-order valence-corrected chi connectivity index (χ0v) is 20.5. The van der Waals surface area contributed by atoms with Gasteiger partial charge in [-0.3, -0.25) is 9.59 Å². The minimum atomic E-state index is -0.779. The maximum atomic E-state index is 13.4. The molecule has 1 amide bonds. The van der Waals surface area contributed by atoms with Gasteiger partial charge >= 0.3 is 5.97 Å². The second kappa shape index (κ2) is 9.78. The number of esters is 1. The number of hydrogen-bond donors (Lipinski definition) is 2. The molecule has 0 radical (unpaired) electrons. The highest BCUT2D eigenvalue weighted by Crippen LogP contribution is 2.41. The number of Topliss-reactive ketones (excluding diaryl/α,β-unsaturated/α-hetero) is 1. The minimum absolute atomic E-state index is 0.0449. The van der Waals surface area contributed by atoms with Crippen molar-refractivity contribution in [3.8, 4) is 0 Å². The van der Waals surface area contributed by atoms with Gasteiger partial charge in [0.15, 0.2) is 0 Å². The van der Waals surface area contributed by atoms with Crippen molar-refractivity contribution in [1.29, 1.82) is 0 Å². The van der Waals surface area contributed by atoms with E-state index in [2.05, 4.69) is 4.98 Å². The number of para-hydroxylation sites is 1. The number of aromatic nitrogens is 1. The molecule has 2 N–H and O–H groups in total. The predicted molar refractivity (Wildman–Crippen MR) is 140 cm³/mol. The summed E-state index contributed by atoms with van der Waals surface area (Å²) in [6, 6.07) is 21.0. The van der Waals surface area contributed by atoms with Gasteiger partial charge in [0.2, 0.25) is 0 Å². The summed E-state index contributed by atoms with van der Waals surface area (Å²) in [5.41, 5.74) is 4.15. The molecule has 4 aromatic rings. The summed E-state index contributed by atoms with van der Waals surface area (Å²) < 4.78 is 5.04. The van der Waals surface area contributed by atoms with Crippen LogP contribution in [0.2, 0.25) is 0 Å². The molecule has 5 rings (SSSR count). The van der Waals surface area contributed by atoms with E-state index in [-0.39, 0.29) is 24.5 Å². The molecule has 186 valence electrons. The van der Waals surface area contributed by atoms with E-state index >= 15 is 0 Å². The lowest BCUT2D eigenvalue weighted by Gasteiger charge is -2.25. The molecule has 1 aliphatic heterocycles. The Kier molecular flexibility index (Phi) is 6.36. The van der Waals surface area contributed by atoms with Crippen LogP contribution in [0, 0.1) is 6.92 Å². The number of nitrogens with one attached hydrogen (secondary N) is 1. The fourth-order valence-electron chi connectivity index (χ4n) is 4.80. The first-order chi connectivity index (χ1) is 17.9. The van der Waals surface area contributed by atoms with E-state index in [1.807, 2.05) is 55.5 Å². The van der Waals surface area contributed by atoms with Crippen LogP contribution < -0.4 is 0 Å².